The van der Waals surface area contributed by atoms with Gasteiger partial charge in [0.15, 0.2) is 0 Å². The number of carboxylic acid groups (broad SMARTS) is 2. The van der Waals surface area contributed by atoms with E-state index in [0.717, 1.165) is 39.9 Å². The van der Waals surface area contributed by atoms with Crippen LogP contribution in [0.5, 0.6) is 0 Å². The van der Waals surface area contributed by atoms with Gasteiger partial charge in [-0.05, 0) is 12.8 Å². The van der Waals surface area contributed by atoms with Crippen molar-refractivity contribution >= 4 is 11.9 Å². The molecule has 0 saturated heterocycles. The van der Waals surface area contributed by atoms with Gasteiger partial charge in [0.2, 0.25) is 0 Å². The Hall–Kier alpha value is -0.426. The predicted octanol–water partition coefficient (Wildman–Crippen LogP) is 7.20. The minimum absolute atomic E-state index is 0. The van der Waals surface area contributed by atoms with E-state index in [9.17, 15) is 9.59 Å². The molecule has 0 aliphatic rings. The van der Waals surface area contributed by atoms with Crippen LogP contribution in [0, 0.1) is 0 Å². The Morgan fingerprint density at radius 3 is 0.788 bits per heavy atom. The summed E-state index contributed by atoms with van der Waals surface area (Å²) < 4.78 is 0. The monoisotopic (exact) mass is 512 g/mol. The summed E-state index contributed by atoms with van der Waals surface area (Å²) in [7, 11) is 2.00. The van der Waals surface area contributed by atoms with Gasteiger partial charge in [-0.15, -0.1) is 0 Å². The first-order chi connectivity index (χ1) is 15.5. The van der Waals surface area contributed by atoms with E-state index in [-0.39, 0.29) is 21.7 Å². The van der Waals surface area contributed by atoms with Gasteiger partial charge < -0.3 is 20.4 Å². The zero-order chi connectivity index (χ0) is 25.3. The molecular formula is C26H56O6Ti. The molecule has 0 aromatic rings. The summed E-state index contributed by atoms with van der Waals surface area (Å²) in [6.45, 7) is 4.46. The second-order valence-electron chi connectivity index (χ2n) is 7.94. The fourth-order valence-electron chi connectivity index (χ4n) is 3.17. The van der Waals surface area contributed by atoms with Gasteiger partial charge in [0.25, 0.3) is 0 Å². The van der Waals surface area contributed by atoms with E-state index in [4.69, 9.17) is 20.4 Å². The van der Waals surface area contributed by atoms with Gasteiger partial charge in [-0.3, -0.25) is 9.59 Å². The second-order valence-corrected chi connectivity index (χ2v) is 7.94. The molecule has 0 aromatic heterocycles. The molecule has 0 saturated carbocycles. The SMILES string of the molecule is CCCCCCCCCCCC(=O)O.CCCCCCCCCCCC(=O)O.CO.CO.[Ti]. The second kappa shape index (κ2) is 45.1. The molecule has 0 bridgehead atoms. The van der Waals surface area contributed by atoms with Gasteiger partial charge >= 0.3 is 11.9 Å². The quantitative estimate of drug-likeness (QED) is 0.101. The first-order valence-corrected chi connectivity index (χ1v) is 12.9. The Balaban J connectivity index is -0.000000134. The van der Waals surface area contributed by atoms with Crippen LogP contribution in [-0.4, -0.2) is 46.6 Å². The summed E-state index contributed by atoms with van der Waals surface area (Å²) in [5.41, 5.74) is 0. The van der Waals surface area contributed by atoms with Gasteiger partial charge in [-0.1, -0.05) is 117 Å². The van der Waals surface area contributed by atoms with Crippen molar-refractivity contribution in [3.63, 3.8) is 0 Å². The van der Waals surface area contributed by atoms with Crippen molar-refractivity contribution < 1.29 is 51.7 Å². The minimum atomic E-state index is -0.659. The van der Waals surface area contributed by atoms with Crippen LogP contribution < -0.4 is 0 Å². The molecule has 0 fully saturated rings. The summed E-state index contributed by atoms with van der Waals surface area (Å²) in [6.07, 6.45) is 23.0. The summed E-state index contributed by atoms with van der Waals surface area (Å²) >= 11 is 0. The fraction of sp³-hybridized carbons (Fsp3) is 0.923. The van der Waals surface area contributed by atoms with Crippen molar-refractivity contribution in [3.8, 4) is 0 Å². The molecule has 200 valence electrons. The molecule has 33 heavy (non-hydrogen) atoms. The molecular weight excluding hydrogens is 456 g/mol. The summed E-state index contributed by atoms with van der Waals surface area (Å²) in [5.74, 6) is -1.32. The van der Waals surface area contributed by atoms with Gasteiger partial charge in [-0.2, -0.15) is 0 Å². The third-order valence-electron chi connectivity index (χ3n) is 4.99. The minimum Gasteiger partial charge on any atom is -0.481 e. The number of hydrogen-bond donors (Lipinski definition) is 4. The first-order valence-electron chi connectivity index (χ1n) is 12.9. The maximum absolute atomic E-state index is 10.2. The van der Waals surface area contributed by atoms with Crippen LogP contribution in [0.25, 0.3) is 0 Å². The number of carbonyl (C=O) groups is 2. The molecule has 0 aromatic carbocycles. The van der Waals surface area contributed by atoms with Crippen LogP contribution in [0.1, 0.15) is 142 Å². The normalized spacial score (nSPS) is 9.15. The number of rotatable bonds is 20. The van der Waals surface area contributed by atoms with Crippen molar-refractivity contribution in [1.82, 2.24) is 0 Å². The van der Waals surface area contributed by atoms with Crippen molar-refractivity contribution in [2.75, 3.05) is 14.2 Å². The molecule has 0 spiro atoms. The average molecular weight is 513 g/mol. The largest absolute Gasteiger partial charge is 0.481 e. The third-order valence-corrected chi connectivity index (χ3v) is 4.99. The number of aliphatic hydroxyl groups excluding tert-OH is 2. The molecule has 4 N–H and O–H groups in total. The van der Waals surface area contributed by atoms with Crippen LogP contribution in [0.2, 0.25) is 0 Å². The summed E-state index contributed by atoms with van der Waals surface area (Å²) in [4.78, 5) is 20.4. The number of aliphatic carboxylic acids is 2. The van der Waals surface area contributed by atoms with Crippen LogP contribution in [0.3, 0.4) is 0 Å². The number of aliphatic hydroxyl groups is 2. The Labute approximate surface area is 219 Å². The van der Waals surface area contributed by atoms with Gasteiger partial charge in [-0.25, -0.2) is 0 Å². The van der Waals surface area contributed by atoms with Crippen LogP contribution in [0.15, 0.2) is 0 Å². The smallest absolute Gasteiger partial charge is 0.303 e. The van der Waals surface area contributed by atoms with E-state index in [0.29, 0.717) is 12.8 Å². The fourth-order valence-corrected chi connectivity index (χ4v) is 3.17. The number of hydrogen-bond acceptors (Lipinski definition) is 4. The molecule has 0 aliphatic carbocycles. The van der Waals surface area contributed by atoms with Gasteiger partial charge in [0.05, 0.1) is 0 Å². The molecule has 0 heterocycles. The zero-order valence-electron chi connectivity index (χ0n) is 22.2. The number of carboxylic acids is 2. The maximum Gasteiger partial charge on any atom is 0.303 e. The Morgan fingerprint density at radius 2 is 0.606 bits per heavy atom. The molecule has 7 heteroatoms. The average Bonchev–Trinajstić information content (AvgIpc) is 2.79. The molecule has 0 amide bonds. The Kier molecular flexibility index (Phi) is 58.4. The third kappa shape index (κ3) is 59.3. The van der Waals surface area contributed by atoms with Gasteiger partial charge in [0.1, 0.15) is 0 Å². The van der Waals surface area contributed by atoms with E-state index in [1.807, 2.05) is 0 Å². The van der Waals surface area contributed by atoms with E-state index < -0.39 is 11.9 Å². The standard InChI is InChI=1S/2C12H24O2.2CH4O.Ti/c2*1-2-3-4-5-6-7-8-9-10-11-12(13)14;2*1-2;/h2*2-11H2,1H3,(H,13,14);2*2H,1H3;. The Morgan fingerprint density at radius 1 is 0.424 bits per heavy atom. The van der Waals surface area contributed by atoms with Crippen molar-refractivity contribution in [1.29, 1.82) is 0 Å². The summed E-state index contributed by atoms with van der Waals surface area (Å²) in [5, 5.41) is 30.8. The van der Waals surface area contributed by atoms with Gasteiger partial charge in [0, 0.05) is 48.8 Å². The van der Waals surface area contributed by atoms with Crippen molar-refractivity contribution in [2.45, 2.75) is 142 Å². The van der Waals surface area contributed by atoms with E-state index in [2.05, 4.69) is 13.8 Å². The molecule has 0 atom stereocenters. The van der Waals surface area contributed by atoms with Crippen LogP contribution in [0.4, 0.5) is 0 Å². The maximum atomic E-state index is 10.2. The summed E-state index contributed by atoms with van der Waals surface area (Å²) in [6, 6.07) is 0. The van der Waals surface area contributed by atoms with E-state index >= 15 is 0 Å². The van der Waals surface area contributed by atoms with Crippen LogP contribution >= 0.6 is 0 Å². The molecule has 6 nitrogen and oxygen atoms in total. The van der Waals surface area contributed by atoms with E-state index in [1.54, 1.807) is 0 Å². The van der Waals surface area contributed by atoms with Crippen molar-refractivity contribution in [2.24, 2.45) is 0 Å². The molecule has 0 rings (SSSR count). The Bertz CT molecular complexity index is 309. The predicted molar refractivity (Wildman–Crippen MR) is 135 cm³/mol. The molecule has 0 radical (unpaired) electrons. The van der Waals surface area contributed by atoms with E-state index in [1.165, 1.54) is 89.9 Å². The number of unbranched alkanes of at least 4 members (excludes halogenated alkanes) is 16. The topological polar surface area (TPSA) is 115 Å². The first kappa shape index (κ1) is 42.7. The van der Waals surface area contributed by atoms with Crippen LogP contribution in [-0.2, 0) is 31.3 Å². The van der Waals surface area contributed by atoms with Crippen molar-refractivity contribution in [3.05, 3.63) is 0 Å². The zero-order valence-corrected chi connectivity index (χ0v) is 23.8. The molecule has 0 unspecified atom stereocenters. The molecule has 0 aliphatic heterocycles.